The molecule has 1 saturated heterocycles. The molecule has 4 rings (SSSR count). The summed E-state index contributed by atoms with van der Waals surface area (Å²) in [6.07, 6.45) is 4.93. The Kier molecular flexibility index (Phi) is 4.50. The number of amides is 1. The molecule has 0 unspecified atom stereocenters. The van der Waals surface area contributed by atoms with Crippen molar-refractivity contribution >= 4 is 11.6 Å². The zero-order valence-corrected chi connectivity index (χ0v) is 16.4. The van der Waals surface area contributed by atoms with Crippen molar-refractivity contribution in [3.05, 3.63) is 46.9 Å². The van der Waals surface area contributed by atoms with Crippen LogP contribution in [-0.4, -0.2) is 45.3 Å². The molecule has 0 atom stereocenters. The monoisotopic (exact) mass is 366 g/mol. The van der Waals surface area contributed by atoms with Crippen molar-refractivity contribution in [3.63, 3.8) is 0 Å². The molecule has 2 aromatic heterocycles. The summed E-state index contributed by atoms with van der Waals surface area (Å²) in [4.78, 5) is 24.0. The zero-order valence-electron chi connectivity index (χ0n) is 16.4. The topological polar surface area (TPSA) is 59.7 Å². The van der Waals surface area contributed by atoms with Gasteiger partial charge < -0.3 is 14.2 Å². The summed E-state index contributed by atoms with van der Waals surface area (Å²) in [7, 11) is 0. The quantitative estimate of drug-likeness (QED) is 0.814. The van der Waals surface area contributed by atoms with Crippen molar-refractivity contribution in [1.29, 1.82) is 0 Å². The number of hydrogen-bond acceptors (Lipinski definition) is 4. The van der Waals surface area contributed by atoms with Crippen molar-refractivity contribution in [2.24, 2.45) is 4.99 Å². The second-order valence-corrected chi connectivity index (χ2v) is 7.74. The molecule has 2 aromatic rings. The van der Waals surface area contributed by atoms with Crippen molar-refractivity contribution in [1.82, 2.24) is 14.5 Å². The largest absolute Gasteiger partial charge is 0.474 e. The van der Waals surface area contributed by atoms with Crippen LogP contribution in [0.5, 0.6) is 5.88 Å². The summed E-state index contributed by atoms with van der Waals surface area (Å²) in [6.45, 7) is 10.5. The standard InChI is InChI=1S/C21H26N4O2/c1-13(2)25-12-16(10-17(25)21(26)24-8-5-9-24)19-18-15(11-23-19)6-7-22-20(18)27-14(3)4/h6-7,10,12-14H,5,8-9,11H2,1-4H3. The van der Waals surface area contributed by atoms with Gasteiger partial charge in [0.1, 0.15) is 5.69 Å². The van der Waals surface area contributed by atoms with Crippen LogP contribution >= 0.6 is 0 Å². The maximum Gasteiger partial charge on any atom is 0.270 e. The molecule has 1 fully saturated rings. The third-order valence-corrected chi connectivity index (χ3v) is 5.03. The van der Waals surface area contributed by atoms with E-state index in [9.17, 15) is 4.79 Å². The third-order valence-electron chi connectivity index (χ3n) is 5.03. The van der Waals surface area contributed by atoms with Crippen LogP contribution < -0.4 is 4.74 Å². The fraction of sp³-hybridized carbons (Fsp3) is 0.476. The molecular formula is C21H26N4O2. The Morgan fingerprint density at radius 2 is 2.00 bits per heavy atom. The molecule has 27 heavy (non-hydrogen) atoms. The number of carbonyl (C=O) groups is 1. The lowest BCUT2D eigenvalue weighted by Crippen LogP contribution is -2.42. The van der Waals surface area contributed by atoms with Crippen LogP contribution in [0.25, 0.3) is 0 Å². The lowest BCUT2D eigenvalue weighted by molar-refractivity contribution is 0.0639. The number of pyridine rings is 1. The van der Waals surface area contributed by atoms with Gasteiger partial charge in [0.25, 0.3) is 5.91 Å². The van der Waals surface area contributed by atoms with E-state index >= 15 is 0 Å². The molecular weight excluding hydrogens is 340 g/mol. The molecule has 6 nitrogen and oxygen atoms in total. The Hall–Kier alpha value is -2.63. The van der Waals surface area contributed by atoms with Crippen molar-refractivity contribution < 1.29 is 9.53 Å². The molecule has 0 saturated carbocycles. The Morgan fingerprint density at radius 1 is 1.22 bits per heavy atom. The van der Waals surface area contributed by atoms with Crippen LogP contribution in [0.15, 0.2) is 29.5 Å². The van der Waals surface area contributed by atoms with Gasteiger partial charge in [-0.1, -0.05) is 0 Å². The Morgan fingerprint density at radius 3 is 2.63 bits per heavy atom. The fourth-order valence-electron chi connectivity index (χ4n) is 3.55. The van der Waals surface area contributed by atoms with Crippen LogP contribution in [0, 0.1) is 0 Å². The highest BCUT2D eigenvalue weighted by Gasteiger charge is 2.29. The average molecular weight is 366 g/mol. The first-order chi connectivity index (χ1) is 13.0. The number of carbonyl (C=O) groups excluding carboxylic acids is 1. The molecule has 0 radical (unpaired) electrons. The molecule has 6 heteroatoms. The van der Waals surface area contributed by atoms with E-state index < -0.39 is 0 Å². The number of fused-ring (bicyclic) bond motifs is 1. The van der Waals surface area contributed by atoms with E-state index in [0.717, 1.165) is 47.6 Å². The SMILES string of the molecule is CC(C)Oc1nccc2c1C(c1cc(C(=O)N3CCC3)n(C(C)C)c1)=NC2. The first-order valence-electron chi connectivity index (χ1n) is 9.66. The van der Waals surface area contributed by atoms with Crippen LogP contribution in [-0.2, 0) is 6.54 Å². The van der Waals surface area contributed by atoms with Gasteiger partial charge in [0, 0.05) is 37.1 Å². The number of nitrogens with zero attached hydrogens (tertiary/aromatic N) is 4. The summed E-state index contributed by atoms with van der Waals surface area (Å²) >= 11 is 0. The fourth-order valence-corrected chi connectivity index (χ4v) is 3.55. The van der Waals surface area contributed by atoms with Gasteiger partial charge in [-0.2, -0.15) is 0 Å². The van der Waals surface area contributed by atoms with E-state index in [1.807, 2.05) is 37.1 Å². The lowest BCUT2D eigenvalue weighted by Gasteiger charge is -2.31. The van der Waals surface area contributed by atoms with Crippen molar-refractivity contribution in [2.45, 2.75) is 52.8 Å². The van der Waals surface area contributed by atoms with Crippen LogP contribution in [0.2, 0.25) is 0 Å². The van der Waals surface area contributed by atoms with Crippen LogP contribution in [0.3, 0.4) is 0 Å². The molecule has 2 aliphatic heterocycles. The van der Waals surface area contributed by atoms with E-state index in [-0.39, 0.29) is 18.1 Å². The number of ether oxygens (including phenoxy) is 1. The van der Waals surface area contributed by atoms with Gasteiger partial charge >= 0.3 is 0 Å². The zero-order chi connectivity index (χ0) is 19.1. The van der Waals surface area contributed by atoms with Crippen LogP contribution in [0.4, 0.5) is 0 Å². The summed E-state index contributed by atoms with van der Waals surface area (Å²) in [5, 5.41) is 0. The summed E-state index contributed by atoms with van der Waals surface area (Å²) < 4.78 is 7.98. The van der Waals surface area contributed by atoms with Gasteiger partial charge in [-0.25, -0.2) is 4.98 Å². The Bertz CT molecular complexity index is 907. The van der Waals surface area contributed by atoms with Crippen molar-refractivity contribution in [2.75, 3.05) is 13.1 Å². The van der Waals surface area contributed by atoms with Gasteiger partial charge in [0.2, 0.25) is 5.88 Å². The van der Waals surface area contributed by atoms with Gasteiger partial charge in [0.05, 0.1) is 23.9 Å². The minimum Gasteiger partial charge on any atom is -0.474 e. The van der Waals surface area contributed by atoms with Gasteiger partial charge in [-0.15, -0.1) is 0 Å². The second-order valence-electron chi connectivity index (χ2n) is 7.74. The molecule has 0 bridgehead atoms. The van der Waals surface area contributed by atoms with E-state index in [4.69, 9.17) is 9.73 Å². The normalized spacial score (nSPS) is 15.8. The first-order valence-corrected chi connectivity index (χ1v) is 9.66. The number of hydrogen-bond donors (Lipinski definition) is 0. The lowest BCUT2D eigenvalue weighted by atomic mass is 10.0. The molecule has 0 aromatic carbocycles. The summed E-state index contributed by atoms with van der Waals surface area (Å²) in [5.41, 5.74) is 4.61. The number of aromatic nitrogens is 2. The number of likely N-dealkylation sites (tertiary alicyclic amines) is 1. The highest BCUT2D eigenvalue weighted by atomic mass is 16.5. The maximum absolute atomic E-state index is 12.9. The molecule has 142 valence electrons. The Labute approximate surface area is 159 Å². The molecule has 0 aliphatic carbocycles. The number of rotatable bonds is 5. The van der Waals surface area contributed by atoms with Gasteiger partial charge in [0.15, 0.2) is 0 Å². The predicted octanol–water partition coefficient (Wildman–Crippen LogP) is 3.45. The molecule has 0 N–H and O–H groups in total. The summed E-state index contributed by atoms with van der Waals surface area (Å²) in [6, 6.07) is 4.16. The maximum atomic E-state index is 12.9. The Balaban J connectivity index is 1.75. The first kappa shape index (κ1) is 17.8. The van der Waals surface area contributed by atoms with Gasteiger partial charge in [-0.3, -0.25) is 9.79 Å². The minimum atomic E-state index is 0.0367. The molecule has 2 aliphatic rings. The molecule has 1 amide bonds. The summed E-state index contributed by atoms with van der Waals surface area (Å²) in [5.74, 6) is 0.719. The van der Waals surface area contributed by atoms with Crippen molar-refractivity contribution in [3.8, 4) is 5.88 Å². The molecule has 0 spiro atoms. The van der Waals surface area contributed by atoms with E-state index in [1.54, 1.807) is 6.20 Å². The minimum absolute atomic E-state index is 0.0367. The number of aliphatic imine (C=N–C) groups is 1. The molecule has 4 heterocycles. The van der Waals surface area contributed by atoms with Crippen LogP contribution in [0.1, 0.15) is 67.3 Å². The predicted molar refractivity (Wildman–Crippen MR) is 105 cm³/mol. The van der Waals surface area contributed by atoms with E-state index in [0.29, 0.717) is 12.4 Å². The second kappa shape index (κ2) is 6.83. The third kappa shape index (κ3) is 3.13. The highest BCUT2D eigenvalue weighted by molar-refractivity contribution is 6.17. The average Bonchev–Trinajstić information content (AvgIpc) is 3.17. The van der Waals surface area contributed by atoms with Gasteiger partial charge in [-0.05, 0) is 51.8 Å². The van der Waals surface area contributed by atoms with E-state index in [1.165, 1.54) is 0 Å². The smallest absolute Gasteiger partial charge is 0.270 e. The van der Waals surface area contributed by atoms with E-state index in [2.05, 4.69) is 23.4 Å². The highest BCUT2D eigenvalue weighted by Crippen LogP contribution is 2.31.